The highest BCUT2D eigenvalue weighted by atomic mass is 32.2. The number of nitro benzene ring substituents is 1. The fraction of sp³-hybridized carbons (Fsp3) is 0.267. The summed E-state index contributed by atoms with van der Waals surface area (Å²) in [4.78, 5) is 14.2. The van der Waals surface area contributed by atoms with Crippen molar-refractivity contribution >= 4 is 15.7 Å². The number of pyridine rings is 1. The molecule has 0 spiro atoms. The maximum Gasteiger partial charge on any atom is 0.270 e. The number of non-ortho nitro benzene ring substituents is 1. The van der Waals surface area contributed by atoms with E-state index in [1.54, 1.807) is 18.5 Å². The van der Waals surface area contributed by atoms with Crippen molar-refractivity contribution in [3.63, 3.8) is 0 Å². The molecular weight excluding hydrogens is 318 g/mol. The van der Waals surface area contributed by atoms with Gasteiger partial charge in [-0.25, -0.2) is 8.42 Å². The molecule has 0 saturated heterocycles. The van der Waals surface area contributed by atoms with Crippen LogP contribution in [0.2, 0.25) is 0 Å². The summed E-state index contributed by atoms with van der Waals surface area (Å²) >= 11 is 0. The van der Waals surface area contributed by atoms with Gasteiger partial charge >= 0.3 is 0 Å². The van der Waals surface area contributed by atoms with Gasteiger partial charge in [0.05, 0.1) is 9.82 Å². The Morgan fingerprint density at radius 2 is 2.04 bits per heavy atom. The molecule has 0 amide bonds. The Morgan fingerprint density at radius 1 is 1.26 bits per heavy atom. The van der Waals surface area contributed by atoms with E-state index in [4.69, 9.17) is 0 Å². The summed E-state index contributed by atoms with van der Waals surface area (Å²) in [5, 5.41) is 10.9. The monoisotopic (exact) mass is 333 g/mol. The smallest absolute Gasteiger partial charge is 0.264 e. The van der Waals surface area contributed by atoms with Gasteiger partial charge in [0.15, 0.2) is 0 Å². The number of benzene rings is 1. The van der Waals surface area contributed by atoms with Gasteiger partial charge in [-0.2, -0.15) is 4.31 Å². The quantitative estimate of drug-likeness (QED) is 0.597. The molecule has 8 heteroatoms. The van der Waals surface area contributed by atoms with Crippen LogP contribution < -0.4 is 0 Å². The van der Waals surface area contributed by atoms with Gasteiger partial charge < -0.3 is 0 Å². The third-order valence-electron chi connectivity index (χ3n) is 3.65. The molecule has 1 fully saturated rings. The first-order valence-corrected chi connectivity index (χ1v) is 8.58. The van der Waals surface area contributed by atoms with Crippen LogP contribution in [0, 0.1) is 10.1 Å². The molecule has 0 aliphatic heterocycles. The van der Waals surface area contributed by atoms with E-state index in [-0.39, 0.29) is 23.2 Å². The van der Waals surface area contributed by atoms with E-state index in [0.29, 0.717) is 0 Å². The molecule has 0 atom stereocenters. The highest BCUT2D eigenvalue weighted by molar-refractivity contribution is 7.89. The van der Waals surface area contributed by atoms with Crippen molar-refractivity contribution in [3.8, 4) is 0 Å². The van der Waals surface area contributed by atoms with Crippen LogP contribution in [-0.4, -0.2) is 28.7 Å². The maximum absolute atomic E-state index is 12.9. The minimum Gasteiger partial charge on any atom is -0.264 e. The molecule has 2 aromatic rings. The Kier molecular flexibility index (Phi) is 4.10. The van der Waals surface area contributed by atoms with E-state index >= 15 is 0 Å². The molecule has 120 valence electrons. The largest absolute Gasteiger partial charge is 0.270 e. The number of sulfonamides is 1. The molecule has 0 N–H and O–H groups in total. The fourth-order valence-electron chi connectivity index (χ4n) is 2.34. The Hall–Kier alpha value is -2.32. The zero-order valence-corrected chi connectivity index (χ0v) is 13.0. The number of aromatic nitrogens is 1. The summed E-state index contributed by atoms with van der Waals surface area (Å²) in [5.41, 5.74) is 0.552. The topological polar surface area (TPSA) is 93.4 Å². The molecule has 1 saturated carbocycles. The summed E-state index contributed by atoms with van der Waals surface area (Å²) in [6, 6.07) is 8.67. The van der Waals surface area contributed by atoms with Crippen molar-refractivity contribution in [2.24, 2.45) is 0 Å². The number of rotatable bonds is 6. The van der Waals surface area contributed by atoms with Gasteiger partial charge in [-0.1, -0.05) is 12.1 Å². The molecule has 0 bridgehead atoms. The predicted molar refractivity (Wildman–Crippen MR) is 83.1 cm³/mol. The Labute approximate surface area is 133 Å². The summed E-state index contributed by atoms with van der Waals surface area (Å²) in [6.45, 7) is 0.212. The molecule has 1 heterocycles. The van der Waals surface area contributed by atoms with Crippen molar-refractivity contribution in [1.29, 1.82) is 0 Å². The van der Waals surface area contributed by atoms with Gasteiger partial charge in [0.1, 0.15) is 0 Å². The molecular formula is C15H15N3O4S. The van der Waals surface area contributed by atoms with Crippen LogP contribution in [0.1, 0.15) is 18.4 Å². The fourth-order valence-corrected chi connectivity index (χ4v) is 4.05. The van der Waals surface area contributed by atoms with Crippen LogP contribution in [-0.2, 0) is 16.6 Å². The lowest BCUT2D eigenvalue weighted by Crippen LogP contribution is -2.32. The van der Waals surface area contributed by atoms with Crippen LogP contribution in [0.15, 0.2) is 53.7 Å². The van der Waals surface area contributed by atoms with E-state index in [1.807, 2.05) is 6.07 Å². The van der Waals surface area contributed by atoms with Gasteiger partial charge in [0.2, 0.25) is 10.0 Å². The zero-order valence-electron chi connectivity index (χ0n) is 12.2. The van der Waals surface area contributed by atoms with Crippen LogP contribution in [0.3, 0.4) is 0 Å². The van der Waals surface area contributed by atoms with Crippen molar-refractivity contribution in [3.05, 3.63) is 64.5 Å². The zero-order chi connectivity index (χ0) is 16.4. The SMILES string of the molecule is O=[N+]([O-])c1cccc(S(=O)(=O)N(Cc2cccnc2)C2CC2)c1. The normalized spacial score (nSPS) is 14.8. The average molecular weight is 333 g/mol. The standard InChI is InChI=1S/C15H15N3O4S/c19-18(20)14-4-1-5-15(9-14)23(21,22)17(13-6-7-13)11-12-3-2-8-16-10-12/h1-5,8-10,13H,6-7,11H2. The molecule has 23 heavy (non-hydrogen) atoms. The third kappa shape index (κ3) is 3.38. The minimum atomic E-state index is -3.79. The van der Waals surface area contributed by atoms with E-state index in [0.717, 1.165) is 24.5 Å². The number of hydrogen-bond donors (Lipinski definition) is 0. The summed E-state index contributed by atoms with van der Waals surface area (Å²) in [7, 11) is -3.79. The lowest BCUT2D eigenvalue weighted by molar-refractivity contribution is -0.385. The van der Waals surface area contributed by atoms with E-state index in [9.17, 15) is 18.5 Å². The van der Waals surface area contributed by atoms with E-state index in [1.165, 1.54) is 22.5 Å². The Morgan fingerprint density at radius 3 is 2.65 bits per heavy atom. The molecule has 1 aliphatic carbocycles. The van der Waals surface area contributed by atoms with Crippen molar-refractivity contribution in [2.75, 3.05) is 0 Å². The maximum atomic E-state index is 12.9. The minimum absolute atomic E-state index is 0.0532. The molecule has 1 aliphatic rings. The van der Waals surface area contributed by atoms with E-state index < -0.39 is 14.9 Å². The van der Waals surface area contributed by atoms with Gasteiger partial charge in [-0.3, -0.25) is 15.1 Å². The van der Waals surface area contributed by atoms with Crippen LogP contribution in [0.5, 0.6) is 0 Å². The lowest BCUT2D eigenvalue weighted by atomic mass is 10.3. The highest BCUT2D eigenvalue weighted by Gasteiger charge is 2.38. The van der Waals surface area contributed by atoms with Crippen LogP contribution in [0.25, 0.3) is 0 Å². The number of nitro groups is 1. The first-order valence-electron chi connectivity index (χ1n) is 7.14. The van der Waals surface area contributed by atoms with Gasteiger partial charge in [-0.15, -0.1) is 0 Å². The molecule has 1 aromatic carbocycles. The summed E-state index contributed by atoms with van der Waals surface area (Å²) in [6.07, 6.45) is 4.85. The van der Waals surface area contributed by atoms with Crippen molar-refractivity contribution in [1.82, 2.24) is 9.29 Å². The van der Waals surface area contributed by atoms with Crippen LogP contribution in [0.4, 0.5) is 5.69 Å². The second-order valence-corrected chi connectivity index (χ2v) is 7.29. The van der Waals surface area contributed by atoms with Crippen LogP contribution >= 0.6 is 0 Å². The van der Waals surface area contributed by atoms with E-state index in [2.05, 4.69) is 4.98 Å². The second kappa shape index (κ2) is 6.05. The summed E-state index contributed by atoms with van der Waals surface area (Å²) in [5.74, 6) is 0. The van der Waals surface area contributed by atoms with Gasteiger partial charge in [0, 0.05) is 37.1 Å². The summed E-state index contributed by atoms with van der Waals surface area (Å²) < 4.78 is 27.2. The van der Waals surface area contributed by atoms with Gasteiger partial charge in [-0.05, 0) is 30.5 Å². The first kappa shape index (κ1) is 15.6. The lowest BCUT2D eigenvalue weighted by Gasteiger charge is -2.21. The third-order valence-corrected chi connectivity index (χ3v) is 5.54. The average Bonchev–Trinajstić information content (AvgIpc) is 3.38. The molecule has 1 aromatic heterocycles. The van der Waals surface area contributed by atoms with Gasteiger partial charge in [0.25, 0.3) is 5.69 Å². The highest BCUT2D eigenvalue weighted by Crippen LogP contribution is 2.34. The molecule has 0 unspecified atom stereocenters. The Bertz CT molecular complexity index is 820. The van der Waals surface area contributed by atoms with Crippen molar-refractivity contribution < 1.29 is 13.3 Å². The first-order chi connectivity index (χ1) is 11.0. The van der Waals surface area contributed by atoms with Crippen molar-refractivity contribution in [2.45, 2.75) is 30.3 Å². The number of nitrogens with zero attached hydrogens (tertiary/aromatic N) is 3. The Balaban J connectivity index is 1.95. The predicted octanol–water partition coefficient (Wildman–Crippen LogP) is 2.34. The molecule has 3 rings (SSSR count). The molecule has 7 nitrogen and oxygen atoms in total. The molecule has 0 radical (unpaired) electrons. The second-order valence-electron chi connectivity index (χ2n) is 5.40. The number of hydrogen-bond acceptors (Lipinski definition) is 5.